The van der Waals surface area contributed by atoms with Crippen LogP contribution in [0, 0.1) is 0 Å². The lowest BCUT2D eigenvalue weighted by atomic mass is 10.3. The summed E-state index contributed by atoms with van der Waals surface area (Å²) in [5.74, 6) is 0.503. The maximum Gasteiger partial charge on any atom is 0.0886 e. The van der Waals surface area contributed by atoms with Gasteiger partial charge in [-0.3, -0.25) is 0 Å². The highest BCUT2D eigenvalue weighted by Gasteiger charge is 2.08. The first-order chi connectivity index (χ1) is 7.31. The van der Waals surface area contributed by atoms with E-state index in [-0.39, 0.29) is 6.61 Å². The summed E-state index contributed by atoms with van der Waals surface area (Å²) in [6, 6.07) is 7.92. The summed E-state index contributed by atoms with van der Waals surface area (Å²) in [5.41, 5.74) is 0.989. The van der Waals surface area contributed by atoms with Crippen LogP contribution in [-0.2, 0) is 0 Å². The number of rotatable bonds is 4. The fourth-order valence-electron chi connectivity index (χ4n) is 1.19. The first kappa shape index (κ1) is 10.9. The highest BCUT2D eigenvalue weighted by molar-refractivity contribution is 8.01. The lowest BCUT2D eigenvalue weighted by Crippen LogP contribution is -2.14. The lowest BCUT2D eigenvalue weighted by Gasteiger charge is -2.04. The molecule has 0 aliphatic rings. The molecule has 15 heavy (non-hydrogen) atoms. The summed E-state index contributed by atoms with van der Waals surface area (Å²) in [7, 11) is 0. The Bertz CT molecular complexity index is 444. The highest BCUT2D eigenvalue weighted by Crippen LogP contribution is 2.31. The van der Waals surface area contributed by atoms with Crippen LogP contribution < -0.4 is 0 Å². The van der Waals surface area contributed by atoms with Gasteiger partial charge in [0.15, 0.2) is 0 Å². The molecule has 80 valence electrons. The molecule has 0 spiro atoms. The van der Waals surface area contributed by atoms with Crippen LogP contribution in [0.25, 0.3) is 10.9 Å². The van der Waals surface area contributed by atoms with Crippen LogP contribution in [-0.4, -0.2) is 33.1 Å². The Morgan fingerprint density at radius 2 is 2.20 bits per heavy atom. The Morgan fingerprint density at radius 3 is 3.00 bits per heavy atom. The molecule has 0 bridgehead atoms. The minimum absolute atomic E-state index is 0.191. The van der Waals surface area contributed by atoms with Crippen molar-refractivity contribution in [1.82, 2.24) is 4.37 Å². The molecular formula is C10H11NO2S2. The first-order valence-electron chi connectivity index (χ1n) is 4.57. The van der Waals surface area contributed by atoms with Crippen molar-refractivity contribution in [2.75, 3.05) is 12.4 Å². The smallest absolute Gasteiger partial charge is 0.0886 e. The van der Waals surface area contributed by atoms with Crippen LogP contribution in [0.2, 0.25) is 0 Å². The third-order valence-electron chi connectivity index (χ3n) is 1.97. The lowest BCUT2D eigenvalue weighted by molar-refractivity contribution is 0.113. The maximum absolute atomic E-state index is 9.24. The molecule has 1 heterocycles. The number of benzene rings is 1. The zero-order chi connectivity index (χ0) is 10.7. The molecule has 0 fully saturated rings. The molecule has 2 N–H and O–H groups in total. The largest absolute Gasteiger partial charge is 0.394 e. The second-order valence-electron chi connectivity index (χ2n) is 3.13. The molecule has 0 saturated heterocycles. The highest BCUT2D eigenvalue weighted by atomic mass is 32.2. The normalized spacial score (nSPS) is 13.2. The summed E-state index contributed by atoms with van der Waals surface area (Å²) >= 11 is 2.97. The molecule has 5 heteroatoms. The number of aliphatic hydroxyl groups excluding tert-OH is 2. The minimum Gasteiger partial charge on any atom is -0.394 e. The molecular weight excluding hydrogens is 230 g/mol. The molecule has 0 saturated carbocycles. The number of aromatic nitrogens is 1. The SMILES string of the molecule is OCC(O)CSc1snc2ccccc12. The standard InChI is InChI=1S/C10H11NO2S2/c12-5-7(13)6-14-10-8-3-1-2-4-9(8)11-15-10/h1-4,7,12-13H,5-6H2. The molecule has 0 aliphatic carbocycles. The van der Waals surface area contributed by atoms with E-state index >= 15 is 0 Å². The third-order valence-corrected chi connectivity index (χ3v) is 4.25. The van der Waals surface area contributed by atoms with Gasteiger partial charge in [-0.25, -0.2) is 0 Å². The van der Waals surface area contributed by atoms with E-state index in [2.05, 4.69) is 4.37 Å². The molecule has 0 amide bonds. The summed E-state index contributed by atoms with van der Waals surface area (Å²) < 4.78 is 5.39. The van der Waals surface area contributed by atoms with Gasteiger partial charge in [-0.05, 0) is 17.6 Å². The fraction of sp³-hybridized carbons (Fsp3) is 0.300. The number of nitrogens with zero attached hydrogens (tertiary/aromatic N) is 1. The van der Waals surface area contributed by atoms with Gasteiger partial charge in [0, 0.05) is 11.1 Å². The first-order valence-corrected chi connectivity index (χ1v) is 6.33. The van der Waals surface area contributed by atoms with Gasteiger partial charge in [0.1, 0.15) is 0 Å². The molecule has 1 unspecified atom stereocenters. The van der Waals surface area contributed by atoms with Crippen molar-refractivity contribution >= 4 is 34.2 Å². The number of hydrogen-bond acceptors (Lipinski definition) is 5. The summed E-state index contributed by atoms with van der Waals surface area (Å²) in [6.07, 6.45) is -0.657. The second kappa shape index (κ2) is 4.94. The van der Waals surface area contributed by atoms with Crippen molar-refractivity contribution in [3.63, 3.8) is 0 Å². The van der Waals surface area contributed by atoms with Crippen LogP contribution in [0.1, 0.15) is 0 Å². The Morgan fingerprint density at radius 1 is 1.40 bits per heavy atom. The summed E-state index contributed by atoms with van der Waals surface area (Å²) in [6.45, 7) is -0.191. The van der Waals surface area contributed by atoms with Crippen molar-refractivity contribution in [2.45, 2.75) is 10.3 Å². The van der Waals surface area contributed by atoms with E-state index in [0.29, 0.717) is 5.75 Å². The van der Waals surface area contributed by atoms with Crippen molar-refractivity contribution in [3.05, 3.63) is 24.3 Å². The summed E-state index contributed by atoms with van der Waals surface area (Å²) in [4.78, 5) is 0. The number of hydrogen-bond donors (Lipinski definition) is 2. The number of fused-ring (bicyclic) bond motifs is 1. The molecule has 2 aromatic rings. The average molecular weight is 241 g/mol. The second-order valence-corrected chi connectivity index (χ2v) is 5.20. The van der Waals surface area contributed by atoms with E-state index < -0.39 is 6.10 Å². The van der Waals surface area contributed by atoms with Gasteiger partial charge in [-0.15, -0.1) is 11.8 Å². The van der Waals surface area contributed by atoms with E-state index in [9.17, 15) is 5.11 Å². The zero-order valence-electron chi connectivity index (χ0n) is 7.96. The fourth-order valence-corrected chi connectivity index (χ4v) is 3.11. The van der Waals surface area contributed by atoms with Crippen LogP contribution in [0.4, 0.5) is 0 Å². The minimum atomic E-state index is -0.657. The number of aliphatic hydroxyl groups is 2. The van der Waals surface area contributed by atoms with E-state index in [0.717, 1.165) is 15.1 Å². The van der Waals surface area contributed by atoms with Crippen LogP contribution in [0.5, 0.6) is 0 Å². The topological polar surface area (TPSA) is 53.4 Å². The van der Waals surface area contributed by atoms with E-state index in [1.54, 1.807) is 0 Å². The quantitative estimate of drug-likeness (QED) is 0.801. The molecule has 2 rings (SSSR count). The van der Waals surface area contributed by atoms with Crippen LogP contribution in [0.15, 0.2) is 28.5 Å². The van der Waals surface area contributed by atoms with Gasteiger partial charge in [0.25, 0.3) is 0 Å². The van der Waals surface area contributed by atoms with Gasteiger partial charge in [-0.1, -0.05) is 18.2 Å². The molecule has 1 aromatic carbocycles. The molecule has 0 aliphatic heterocycles. The van der Waals surface area contributed by atoms with Crippen molar-refractivity contribution in [2.24, 2.45) is 0 Å². The van der Waals surface area contributed by atoms with Crippen LogP contribution >= 0.6 is 23.3 Å². The average Bonchev–Trinajstić information content (AvgIpc) is 2.69. The zero-order valence-corrected chi connectivity index (χ0v) is 9.59. The predicted molar refractivity (Wildman–Crippen MR) is 63.4 cm³/mol. The van der Waals surface area contributed by atoms with Gasteiger partial charge in [0.2, 0.25) is 0 Å². The van der Waals surface area contributed by atoms with Crippen molar-refractivity contribution < 1.29 is 10.2 Å². The Balaban J connectivity index is 2.14. The van der Waals surface area contributed by atoms with E-state index in [4.69, 9.17) is 5.11 Å². The Kier molecular flexibility index (Phi) is 3.58. The van der Waals surface area contributed by atoms with E-state index in [1.807, 2.05) is 24.3 Å². The van der Waals surface area contributed by atoms with Gasteiger partial charge in [0.05, 0.1) is 22.4 Å². The number of thioether (sulfide) groups is 1. The monoisotopic (exact) mass is 241 g/mol. The van der Waals surface area contributed by atoms with Gasteiger partial charge >= 0.3 is 0 Å². The third kappa shape index (κ3) is 2.49. The molecule has 1 aromatic heterocycles. The summed E-state index contributed by atoms with van der Waals surface area (Å²) in [5, 5.41) is 19.1. The van der Waals surface area contributed by atoms with Crippen molar-refractivity contribution in [1.29, 1.82) is 0 Å². The van der Waals surface area contributed by atoms with E-state index in [1.165, 1.54) is 23.3 Å². The Labute approximate surface area is 95.9 Å². The van der Waals surface area contributed by atoms with Gasteiger partial charge in [-0.2, -0.15) is 4.37 Å². The Hall–Kier alpha value is -0.620. The van der Waals surface area contributed by atoms with Crippen molar-refractivity contribution in [3.8, 4) is 0 Å². The predicted octanol–water partition coefficient (Wildman–Crippen LogP) is 1.74. The van der Waals surface area contributed by atoms with Gasteiger partial charge < -0.3 is 10.2 Å². The van der Waals surface area contributed by atoms with Crippen LogP contribution in [0.3, 0.4) is 0 Å². The maximum atomic E-state index is 9.24. The molecule has 0 radical (unpaired) electrons. The molecule has 1 atom stereocenters. The molecule has 3 nitrogen and oxygen atoms in total.